The van der Waals surface area contributed by atoms with E-state index in [1.807, 2.05) is 20.8 Å². The van der Waals surface area contributed by atoms with Gasteiger partial charge in [-0.3, -0.25) is 9.69 Å². The highest BCUT2D eigenvalue weighted by molar-refractivity contribution is 5.86. The fourth-order valence-electron chi connectivity index (χ4n) is 2.46. The first kappa shape index (κ1) is 17.8. The van der Waals surface area contributed by atoms with E-state index in [-0.39, 0.29) is 18.0 Å². The van der Waals surface area contributed by atoms with Crippen molar-refractivity contribution < 1.29 is 14.3 Å². The van der Waals surface area contributed by atoms with E-state index >= 15 is 0 Å². The van der Waals surface area contributed by atoms with Crippen LogP contribution in [-0.4, -0.2) is 41.6 Å². The zero-order valence-electron chi connectivity index (χ0n) is 13.9. The zero-order valence-corrected chi connectivity index (χ0v) is 13.9. The van der Waals surface area contributed by atoms with E-state index < -0.39 is 5.60 Å². The molecule has 0 aromatic heterocycles. The molecule has 0 aliphatic carbocycles. The van der Waals surface area contributed by atoms with Crippen LogP contribution in [0.15, 0.2) is 0 Å². The molecule has 1 N–H and O–H groups in total. The molecule has 0 aromatic carbocycles. The Morgan fingerprint density at radius 2 is 1.95 bits per heavy atom. The van der Waals surface area contributed by atoms with E-state index in [9.17, 15) is 9.59 Å². The summed E-state index contributed by atoms with van der Waals surface area (Å²) in [6.07, 6.45) is 5.71. The number of hydrogen-bond donors (Lipinski definition) is 1. The van der Waals surface area contributed by atoms with Crippen molar-refractivity contribution in [2.24, 2.45) is 0 Å². The third-order valence-corrected chi connectivity index (χ3v) is 3.51. The molecule has 1 fully saturated rings. The number of nitrogens with zero attached hydrogens (tertiary/aromatic N) is 1. The van der Waals surface area contributed by atoms with Gasteiger partial charge in [-0.05, 0) is 40.0 Å². The number of nitrogens with one attached hydrogen (secondary N) is 1. The highest BCUT2D eigenvalue weighted by Gasteiger charge is 2.36. The molecular formula is C16H30N2O3. The molecule has 1 unspecified atom stereocenters. The molecule has 122 valence electrons. The number of unbranched alkanes of at least 4 members (excludes halogenated alkanes) is 3. The third-order valence-electron chi connectivity index (χ3n) is 3.51. The van der Waals surface area contributed by atoms with Gasteiger partial charge >= 0.3 is 6.09 Å². The molecule has 1 atom stereocenters. The van der Waals surface area contributed by atoms with Crippen LogP contribution in [0.25, 0.3) is 0 Å². The fraction of sp³-hybridized carbons (Fsp3) is 0.875. The molecule has 1 saturated heterocycles. The van der Waals surface area contributed by atoms with Crippen molar-refractivity contribution >= 4 is 12.0 Å². The standard InChI is InChI=1S/C16H30N2O3/c1-5-6-7-8-11-17-14(19)13-10-9-12-18(13)15(20)21-16(2,3)4/h13H,5-12H2,1-4H3,(H,17,19). The van der Waals surface area contributed by atoms with Gasteiger partial charge in [0.1, 0.15) is 11.6 Å². The first-order valence-corrected chi connectivity index (χ1v) is 8.12. The molecule has 0 spiro atoms. The number of hydrogen-bond acceptors (Lipinski definition) is 3. The summed E-state index contributed by atoms with van der Waals surface area (Å²) >= 11 is 0. The summed E-state index contributed by atoms with van der Waals surface area (Å²) in [5, 5.41) is 2.94. The molecular weight excluding hydrogens is 268 g/mol. The molecule has 1 aliphatic rings. The first-order chi connectivity index (χ1) is 9.85. The second-order valence-electron chi connectivity index (χ2n) is 6.68. The van der Waals surface area contributed by atoms with E-state index in [1.54, 1.807) is 4.90 Å². The molecule has 2 amide bonds. The summed E-state index contributed by atoms with van der Waals surface area (Å²) in [6, 6.07) is -0.369. The van der Waals surface area contributed by atoms with Crippen LogP contribution in [0.1, 0.15) is 66.2 Å². The van der Waals surface area contributed by atoms with Crippen molar-refractivity contribution in [2.75, 3.05) is 13.1 Å². The lowest BCUT2D eigenvalue weighted by Crippen LogP contribution is -2.47. The van der Waals surface area contributed by atoms with E-state index in [4.69, 9.17) is 4.74 Å². The first-order valence-electron chi connectivity index (χ1n) is 8.12. The second kappa shape index (κ2) is 8.25. The monoisotopic (exact) mass is 298 g/mol. The molecule has 0 saturated carbocycles. The lowest BCUT2D eigenvalue weighted by Gasteiger charge is -2.28. The minimum absolute atomic E-state index is 0.0464. The molecule has 1 aliphatic heterocycles. The van der Waals surface area contributed by atoms with Crippen LogP contribution in [0.3, 0.4) is 0 Å². The molecule has 0 aromatic rings. The Kier molecular flexibility index (Phi) is 6.99. The van der Waals surface area contributed by atoms with Crippen molar-refractivity contribution in [2.45, 2.75) is 77.9 Å². The molecule has 0 bridgehead atoms. The Morgan fingerprint density at radius 3 is 2.57 bits per heavy atom. The number of amides is 2. The Bertz CT molecular complexity index is 350. The van der Waals surface area contributed by atoms with Gasteiger partial charge in [0.25, 0.3) is 0 Å². The summed E-state index contributed by atoms with van der Waals surface area (Å²) in [7, 11) is 0. The third kappa shape index (κ3) is 6.36. The van der Waals surface area contributed by atoms with Gasteiger partial charge < -0.3 is 10.1 Å². The number of ether oxygens (including phenoxy) is 1. The lowest BCUT2D eigenvalue weighted by molar-refractivity contribution is -0.125. The fourth-order valence-corrected chi connectivity index (χ4v) is 2.46. The number of likely N-dealkylation sites (tertiary alicyclic amines) is 1. The number of carbonyl (C=O) groups excluding carboxylic acids is 2. The summed E-state index contributed by atoms with van der Waals surface area (Å²) in [4.78, 5) is 25.9. The molecule has 0 radical (unpaired) electrons. The normalized spacial score (nSPS) is 18.7. The quantitative estimate of drug-likeness (QED) is 0.767. The predicted octanol–water partition coefficient (Wildman–Crippen LogP) is 3.08. The minimum Gasteiger partial charge on any atom is -0.444 e. The Balaban J connectivity index is 2.41. The summed E-state index contributed by atoms with van der Waals surface area (Å²) in [6.45, 7) is 8.97. The van der Waals surface area contributed by atoms with Gasteiger partial charge in [0.05, 0.1) is 0 Å². The maximum absolute atomic E-state index is 12.2. The molecule has 5 heteroatoms. The largest absolute Gasteiger partial charge is 0.444 e. The van der Waals surface area contributed by atoms with Gasteiger partial charge in [0.15, 0.2) is 0 Å². The highest BCUT2D eigenvalue weighted by Crippen LogP contribution is 2.20. The van der Waals surface area contributed by atoms with Gasteiger partial charge in [-0.2, -0.15) is 0 Å². The number of rotatable bonds is 6. The summed E-state index contributed by atoms with van der Waals surface area (Å²) in [5.41, 5.74) is -0.527. The van der Waals surface area contributed by atoms with Gasteiger partial charge in [0.2, 0.25) is 5.91 Å². The Hall–Kier alpha value is -1.26. The number of carbonyl (C=O) groups is 2. The van der Waals surface area contributed by atoms with Crippen LogP contribution >= 0.6 is 0 Å². The highest BCUT2D eigenvalue weighted by atomic mass is 16.6. The lowest BCUT2D eigenvalue weighted by atomic mass is 10.2. The van der Waals surface area contributed by atoms with Crippen LogP contribution in [-0.2, 0) is 9.53 Å². The van der Waals surface area contributed by atoms with Crippen LogP contribution in [0.5, 0.6) is 0 Å². The van der Waals surface area contributed by atoms with E-state index in [0.29, 0.717) is 13.1 Å². The summed E-state index contributed by atoms with van der Waals surface area (Å²) < 4.78 is 5.37. The van der Waals surface area contributed by atoms with Crippen LogP contribution < -0.4 is 5.32 Å². The molecule has 5 nitrogen and oxygen atoms in total. The SMILES string of the molecule is CCCCCCNC(=O)C1CCCN1C(=O)OC(C)(C)C. The van der Waals surface area contributed by atoms with Crippen molar-refractivity contribution in [3.05, 3.63) is 0 Å². The van der Waals surface area contributed by atoms with E-state index in [0.717, 1.165) is 25.7 Å². The van der Waals surface area contributed by atoms with Gasteiger partial charge in [-0.1, -0.05) is 26.2 Å². The predicted molar refractivity (Wildman–Crippen MR) is 83.1 cm³/mol. The van der Waals surface area contributed by atoms with Gasteiger partial charge in [-0.15, -0.1) is 0 Å². The maximum Gasteiger partial charge on any atom is 0.410 e. The molecule has 1 rings (SSSR count). The molecule has 1 heterocycles. The average molecular weight is 298 g/mol. The van der Waals surface area contributed by atoms with Crippen molar-refractivity contribution in [3.63, 3.8) is 0 Å². The molecule has 21 heavy (non-hydrogen) atoms. The van der Waals surface area contributed by atoms with Gasteiger partial charge in [0, 0.05) is 13.1 Å². The Labute approximate surface area is 128 Å². The van der Waals surface area contributed by atoms with E-state index in [1.165, 1.54) is 12.8 Å². The smallest absolute Gasteiger partial charge is 0.410 e. The van der Waals surface area contributed by atoms with Crippen molar-refractivity contribution in [1.29, 1.82) is 0 Å². The van der Waals surface area contributed by atoms with Crippen LogP contribution in [0.2, 0.25) is 0 Å². The van der Waals surface area contributed by atoms with Crippen molar-refractivity contribution in [3.8, 4) is 0 Å². The average Bonchev–Trinajstić information content (AvgIpc) is 2.85. The van der Waals surface area contributed by atoms with Gasteiger partial charge in [-0.25, -0.2) is 4.79 Å². The van der Waals surface area contributed by atoms with Crippen LogP contribution in [0, 0.1) is 0 Å². The summed E-state index contributed by atoms with van der Waals surface area (Å²) in [5.74, 6) is -0.0464. The topological polar surface area (TPSA) is 58.6 Å². The zero-order chi connectivity index (χ0) is 15.9. The minimum atomic E-state index is -0.527. The van der Waals surface area contributed by atoms with Crippen LogP contribution in [0.4, 0.5) is 4.79 Å². The second-order valence-corrected chi connectivity index (χ2v) is 6.68. The maximum atomic E-state index is 12.2. The van der Waals surface area contributed by atoms with E-state index in [2.05, 4.69) is 12.2 Å². The Morgan fingerprint density at radius 1 is 1.24 bits per heavy atom. The van der Waals surface area contributed by atoms with Crippen molar-refractivity contribution in [1.82, 2.24) is 10.2 Å².